The monoisotopic (exact) mass is 151 g/mol. The van der Waals surface area contributed by atoms with Crippen LogP contribution in [0.5, 0.6) is 0 Å². The molecular weight excluding hydrogens is 142 g/mol. The van der Waals surface area contributed by atoms with E-state index in [1.54, 1.807) is 13.8 Å². The van der Waals surface area contributed by atoms with Crippen LogP contribution in [-0.2, 0) is 4.79 Å². The molecule has 0 radical (unpaired) electrons. The van der Waals surface area contributed by atoms with E-state index < -0.39 is 12.0 Å². The van der Waals surface area contributed by atoms with Gasteiger partial charge in [-0.3, -0.25) is 4.79 Å². The lowest BCUT2D eigenvalue weighted by Crippen LogP contribution is -2.35. The SMILES string of the molecule is CC(C)C(NCl)C(=O)O. The zero-order valence-corrected chi connectivity index (χ0v) is 6.14. The van der Waals surface area contributed by atoms with Crippen LogP contribution in [0, 0.1) is 5.92 Å². The maximum absolute atomic E-state index is 10.2. The molecule has 4 heteroatoms. The maximum Gasteiger partial charge on any atom is 0.322 e. The third kappa shape index (κ3) is 2.67. The first-order valence-electron chi connectivity index (χ1n) is 2.68. The van der Waals surface area contributed by atoms with Gasteiger partial charge in [-0.15, -0.1) is 0 Å². The predicted octanol–water partition coefficient (Wildman–Crippen LogP) is 0.839. The third-order valence-electron chi connectivity index (χ3n) is 1.05. The van der Waals surface area contributed by atoms with Crippen LogP contribution in [0.3, 0.4) is 0 Å². The van der Waals surface area contributed by atoms with Crippen molar-refractivity contribution in [1.82, 2.24) is 4.84 Å². The van der Waals surface area contributed by atoms with Crippen LogP contribution in [0.1, 0.15) is 13.8 Å². The van der Waals surface area contributed by atoms with Crippen LogP contribution in [0.2, 0.25) is 0 Å². The number of aliphatic carboxylic acids is 1. The summed E-state index contributed by atoms with van der Waals surface area (Å²) < 4.78 is 0. The van der Waals surface area contributed by atoms with Gasteiger partial charge < -0.3 is 5.11 Å². The van der Waals surface area contributed by atoms with Crippen LogP contribution in [-0.4, -0.2) is 17.1 Å². The minimum Gasteiger partial charge on any atom is -0.480 e. The first-order valence-corrected chi connectivity index (χ1v) is 3.06. The Hall–Kier alpha value is -0.280. The summed E-state index contributed by atoms with van der Waals surface area (Å²) in [6, 6.07) is -0.647. The Bertz CT molecular complexity index is 105. The summed E-state index contributed by atoms with van der Waals surface area (Å²) in [4.78, 5) is 12.4. The molecule has 0 spiro atoms. The minimum atomic E-state index is -0.917. The van der Waals surface area contributed by atoms with Crippen LogP contribution in [0.15, 0.2) is 0 Å². The van der Waals surface area contributed by atoms with Crippen molar-refractivity contribution in [3.8, 4) is 0 Å². The van der Waals surface area contributed by atoms with Crippen molar-refractivity contribution in [1.29, 1.82) is 0 Å². The number of carboxylic acid groups (broad SMARTS) is 1. The van der Waals surface area contributed by atoms with Crippen molar-refractivity contribution >= 4 is 17.7 Å². The molecule has 0 rings (SSSR count). The number of hydrogen-bond donors (Lipinski definition) is 2. The Balaban J connectivity index is 3.83. The molecule has 0 saturated heterocycles. The molecule has 0 bridgehead atoms. The molecule has 0 heterocycles. The Morgan fingerprint density at radius 3 is 2.11 bits per heavy atom. The Morgan fingerprint density at radius 1 is 1.67 bits per heavy atom. The molecule has 9 heavy (non-hydrogen) atoms. The lowest BCUT2D eigenvalue weighted by Gasteiger charge is -2.11. The summed E-state index contributed by atoms with van der Waals surface area (Å²) in [5, 5.41) is 8.40. The van der Waals surface area contributed by atoms with E-state index in [-0.39, 0.29) is 5.92 Å². The molecule has 0 aromatic carbocycles. The third-order valence-corrected chi connectivity index (χ3v) is 1.29. The predicted molar refractivity (Wildman–Crippen MR) is 35.3 cm³/mol. The van der Waals surface area contributed by atoms with Gasteiger partial charge in [0.05, 0.1) is 0 Å². The van der Waals surface area contributed by atoms with Gasteiger partial charge in [-0.1, -0.05) is 13.8 Å². The van der Waals surface area contributed by atoms with Crippen molar-refractivity contribution in [2.75, 3.05) is 0 Å². The molecule has 3 nitrogen and oxygen atoms in total. The Labute approximate surface area is 59.1 Å². The van der Waals surface area contributed by atoms with Gasteiger partial charge in [0.2, 0.25) is 0 Å². The van der Waals surface area contributed by atoms with E-state index in [1.807, 2.05) is 0 Å². The number of rotatable bonds is 3. The first-order chi connectivity index (χ1) is 4.09. The van der Waals surface area contributed by atoms with Crippen LogP contribution in [0.25, 0.3) is 0 Å². The number of nitrogens with one attached hydrogen (secondary N) is 1. The molecule has 0 saturated carbocycles. The smallest absolute Gasteiger partial charge is 0.322 e. The zero-order valence-electron chi connectivity index (χ0n) is 5.39. The van der Waals surface area contributed by atoms with E-state index in [2.05, 4.69) is 4.84 Å². The topological polar surface area (TPSA) is 49.3 Å². The average molecular weight is 152 g/mol. The van der Waals surface area contributed by atoms with Gasteiger partial charge in [-0.2, -0.15) is 0 Å². The van der Waals surface area contributed by atoms with Gasteiger partial charge in [0, 0.05) is 0 Å². The largest absolute Gasteiger partial charge is 0.480 e. The molecule has 0 aliphatic heterocycles. The van der Waals surface area contributed by atoms with Crippen LogP contribution in [0.4, 0.5) is 0 Å². The lowest BCUT2D eigenvalue weighted by molar-refractivity contribution is -0.140. The van der Waals surface area contributed by atoms with Crippen LogP contribution >= 0.6 is 11.8 Å². The van der Waals surface area contributed by atoms with Gasteiger partial charge in [-0.25, -0.2) is 4.84 Å². The van der Waals surface area contributed by atoms with Crippen LogP contribution < -0.4 is 4.84 Å². The molecule has 2 N–H and O–H groups in total. The molecule has 0 aliphatic carbocycles. The second kappa shape index (κ2) is 3.69. The van der Waals surface area contributed by atoms with E-state index in [0.717, 1.165) is 0 Å². The highest BCUT2D eigenvalue weighted by atomic mass is 35.5. The van der Waals surface area contributed by atoms with Gasteiger partial charge in [0.25, 0.3) is 0 Å². The highest BCUT2D eigenvalue weighted by molar-refractivity contribution is 6.14. The molecule has 0 aromatic rings. The van der Waals surface area contributed by atoms with Gasteiger partial charge in [-0.05, 0) is 17.7 Å². The quantitative estimate of drug-likeness (QED) is 0.588. The van der Waals surface area contributed by atoms with E-state index >= 15 is 0 Å². The lowest BCUT2D eigenvalue weighted by atomic mass is 10.1. The summed E-state index contributed by atoms with van der Waals surface area (Å²) in [6.07, 6.45) is 0. The van der Waals surface area contributed by atoms with E-state index in [4.69, 9.17) is 16.9 Å². The summed E-state index contributed by atoms with van der Waals surface area (Å²) >= 11 is 5.13. The van der Waals surface area contributed by atoms with E-state index in [0.29, 0.717) is 0 Å². The molecule has 0 amide bonds. The molecule has 0 aliphatic rings. The highest BCUT2D eigenvalue weighted by Gasteiger charge is 2.19. The molecule has 0 aromatic heterocycles. The Kier molecular flexibility index (Phi) is 3.58. The average Bonchev–Trinajstić information content (AvgIpc) is 1.64. The van der Waals surface area contributed by atoms with Crippen molar-refractivity contribution in [3.63, 3.8) is 0 Å². The number of carboxylic acids is 1. The summed E-state index contributed by atoms with van der Waals surface area (Å²) in [6.45, 7) is 3.57. The van der Waals surface area contributed by atoms with E-state index in [1.165, 1.54) is 0 Å². The van der Waals surface area contributed by atoms with Crippen molar-refractivity contribution in [2.24, 2.45) is 5.92 Å². The zero-order chi connectivity index (χ0) is 7.44. The highest BCUT2D eigenvalue weighted by Crippen LogP contribution is 2.01. The fraction of sp³-hybridized carbons (Fsp3) is 0.800. The van der Waals surface area contributed by atoms with Gasteiger partial charge >= 0.3 is 5.97 Å². The van der Waals surface area contributed by atoms with Gasteiger partial charge in [0.1, 0.15) is 6.04 Å². The molecule has 1 unspecified atom stereocenters. The standard InChI is InChI=1S/C5H10ClNO2/c1-3(2)4(7-6)5(8)9/h3-4,7H,1-2H3,(H,8,9). The molecule has 1 atom stereocenters. The second-order valence-corrected chi connectivity index (χ2v) is 2.39. The second-order valence-electron chi connectivity index (χ2n) is 2.17. The molecule has 54 valence electrons. The minimum absolute atomic E-state index is 0.0139. The van der Waals surface area contributed by atoms with Crippen molar-refractivity contribution in [3.05, 3.63) is 0 Å². The van der Waals surface area contributed by atoms with Crippen molar-refractivity contribution in [2.45, 2.75) is 19.9 Å². The van der Waals surface area contributed by atoms with E-state index in [9.17, 15) is 4.79 Å². The number of halogens is 1. The summed E-state index contributed by atoms with van der Waals surface area (Å²) in [5.74, 6) is -0.903. The first kappa shape index (κ1) is 8.72. The number of hydrogen-bond acceptors (Lipinski definition) is 2. The maximum atomic E-state index is 10.2. The summed E-state index contributed by atoms with van der Waals surface area (Å²) in [7, 11) is 0. The van der Waals surface area contributed by atoms with Crippen molar-refractivity contribution < 1.29 is 9.90 Å². The number of carbonyl (C=O) groups is 1. The molecular formula is C5H10ClNO2. The fourth-order valence-electron chi connectivity index (χ4n) is 0.458. The Morgan fingerprint density at radius 2 is 2.11 bits per heavy atom. The molecule has 0 fully saturated rings. The normalized spacial score (nSPS) is 13.8. The van der Waals surface area contributed by atoms with Gasteiger partial charge in [0.15, 0.2) is 0 Å². The fourth-order valence-corrected chi connectivity index (χ4v) is 0.803. The summed E-state index contributed by atoms with van der Waals surface area (Å²) in [5.41, 5.74) is 0.